The highest BCUT2D eigenvalue weighted by atomic mass is 16.1. The molecular weight excluding hydrogens is 456 g/mol. The van der Waals surface area contributed by atoms with Gasteiger partial charge in [0.15, 0.2) is 0 Å². The molecule has 192 valence electrons. The van der Waals surface area contributed by atoms with Crippen LogP contribution in [0.4, 0.5) is 0 Å². The molecule has 37 heavy (non-hydrogen) atoms. The summed E-state index contributed by atoms with van der Waals surface area (Å²) < 4.78 is 0. The third-order valence-corrected chi connectivity index (χ3v) is 6.78. The summed E-state index contributed by atoms with van der Waals surface area (Å²) in [5, 5.41) is 2.99. The molecule has 2 aromatic carbocycles. The topological polar surface area (TPSA) is 48.5 Å². The minimum Gasteiger partial charge on any atom is -0.353 e. The molecule has 2 heterocycles. The van der Waals surface area contributed by atoms with Crippen LogP contribution in [-0.2, 0) is 4.79 Å². The number of hydrogen-bond donors (Lipinski definition) is 1. The summed E-state index contributed by atoms with van der Waals surface area (Å²) in [6.45, 7) is 8.02. The first kappa shape index (κ1) is 26.5. The molecule has 1 N–H and O–H groups in total. The summed E-state index contributed by atoms with van der Waals surface area (Å²) in [5.74, 6) is -0.0480. The van der Waals surface area contributed by atoms with Gasteiger partial charge in [0.05, 0.1) is 6.04 Å². The highest BCUT2D eigenvalue weighted by molar-refractivity contribution is 5.87. The Balaban J connectivity index is 1.14. The van der Waals surface area contributed by atoms with Crippen LogP contribution in [0.2, 0.25) is 0 Å². The van der Waals surface area contributed by atoms with Crippen molar-refractivity contribution in [1.82, 2.24) is 20.1 Å². The predicted octanol–water partition coefficient (Wildman–Crippen LogP) is 5.26. The van der Waals surface area contributed by atoms with Gasteiger partial charge in [-0.2, -0.15) is 0 Å². The van der Waals surface area contributed by atoms with Gasteiger partial charge < -0.3 is 10.2 Å². The van der Waals surface area contributed by atoms with Crippen LogP contribution in [0.3, 0.4) is 0 Å². The van der Waals surface area contributed by atoms with Crippen LogP contribution >= 0.6 is 0 Å². The fourth-order valence-electron chi connectivity index (χ4n) is 4.75. The molecule has 1 aliphatic heterocycles. The summed E-state index contributed by atoms with van der Waals surface area (Å²) in [7, 11) is 0. The number of hydrogen-bond acceptors (Lipinski definition) is 4. The van der Waals surface area contributed by atoms with Crippen molar-refractivity contribution in [3.63, 3.8) is 0 Å². The summed E-state index contributed by atoms with van der Waals surface area (Å²) in [4.78, 5) is 21.5. The van der Waals surface area contributed by atoms with Gasteiger partial charge in [-0.25, -0.2) is 0 Å². The Morgan fingerprint density at radius 3 is 2.19 bits per heavy atom. The monoisotopic (exact) mass is 494 g/mol. The standard InChI is InChI=1S/C32H38N4O/c1-27-18-19-28(26-34-27)12-8-9-17-31(37)33-20-10-11-21-35-22-24-36(25-23-35)32(29-13-4-2-5-14-29)30-15-6-3-7-16-30/h2-9,12-19,26,32H,10-11,20-25H2,1H3,(H,33,37)/b12-8+,17-9+. The second kappa shape index (κ2) is 14.3. The molecule has 1 aromatic heterocycles. The number of nitrogens with one attached hydrogen (secondary N) is 1. The number of benzene rings is 2. The minimum atomic E-state index is -0.0480. The number of aryl methyl sites for hydroxylation is 1. The van der Waals surface area contributed by atoms with E-state index in [1.165, 1.54) is 11.1 Å². The van der Waals surface area contributed by atoms with E-state index in [-0.39, 0.29) is 5.91 Å². The number of carbonyl (C=O) groups is 1. The van der Waals surface area contributed by atoms with Gasteiger partial charge in [-0.15, -0.1) is 0 Å². The van der Waals surface area contributed by atoms with Crippen molar-refractivity contribution < 1.29 is 4.79 Å². The summed E-state index contributed by atoms with van der Waals surface area (Å²) in [6, 6.07) is 26.0. The lowest BCUT2D eigenvalue weighted by Gasteiger charge is -2.39. The average Bonchev–Trinajstić information content (AvgIpc) is 2.94. The highest BCUT2D eigenvalue weighted by Crippen LogP contribution is 2.29. The lowest BCUT2D eigenvalue weighted by atomic mass is 9.96. The van der Waals surface area contributed by atoms with E-state index >= 15 is 0 Å². The summed E-state index contributed by atoms with van der Waals surface area (Å²) in [6.07, 6.45) is 11.1. The van der Waals surface area contributed by atoms with Crippen LogP contribution in [0, 0.1) is 6.92 Å². The van der Waals surface area contributed by atoms with Crippen molar-refractivity contribution in [1.29, 1.82) is 0 Å². The normalized spacial score (nSPS) is 15.1. The number of unbranched alkanes of at least 4 members (excludes halogenated alkanes) is 1. The second-order valence-corrected chi connectivity index (χ2v) is 9.55. The van der Waals surface area contributed by atoms with Gasteiger partial charge in [0.25, 0.3) is 0 Å². The van der Waals surface area contributed by atoms with Crippen molar-refractivity contribution in [3.8, 4) is 0 Å². The van der Waals surface area contributed by atoms with Crippen LogP contribution in [0.25, 0.3) is 6.08 Å². The molecule has 0 unspecified atom stereocenters. The van der Waals surface area contributed by atoms with Gasteiger partial charge in [-0.05, 0) is 49.1 Å². The van der Waals surface area contributed by atoms with E-state index in [1.54, 1.807) is 12.2 Å². The number of amides is 1. The van der Waals surface area contributed by atoms with Gasteiger partial charge in [0.1, 0.15) is 0 Å². The fraction of sp³-hybridized carbons (Fsp3) is 0.312. The molecule has 1 amide bonds. The molecule has 0 spiro atoms. The third-order valence-electron chi connectivity index (χ3n) is 6.78. The van der Waals surface area contributed by atoms with Crippen molar-refractivity contribution in [2.45, 2.75) is 25.8 Å². The number of pyridine rings is 1. The SMILES string of the molecule is Cc1ccc(/C=C/C=C/C(=O)NCCCCN2CCN(C(c3ccccc3)c3ccccc3)CC2)cn1. The van der Waals surface area contributed by atoms with Crippen molar-refractivity contribution in [3.05, 3.63) is 120 Å². The number of aromatic nitrogens is 1. The molecule has 4 rings (SSSR count). The zero-order valence-electron chi connectivity index (χ0n) is 21.8. The molecule has 1 fully saturated rings. The Kier molecular flexibility index (Phi) is 10.2. The molecule has 0 saturated carbocycles. The molecular formula is C32H38N4O. The minimum absolute atomic E-state index is 0.0480. The van der Waals surface area contributed by atoms with Gasteiger partial charge >= 0.3 is 0 Å². The third kappa shape index (κ3) is 8.52. The molecule has 5 heteroatoms. The quantitative estimate of drug-likeness (QED) is 0.224. The molecule has 3 aromatic rings. The number of rotatable bonds is 11. The summed E-state index contributed by atoms with van der Waals surface area (Å²) >= 11 is 0. The maximum atomic E-state index is 12.0. The number of nitrogens with zero attached hydrogens (tertiary/aromatic N) is 3. The molecule has 0 aliphatic carbocycles. The van der Waals surface area contributed by atoms with Crippen molar-refractivity contribution in [2.75, 3.05) is 39.3 Å². The average molecular weight is 495 g/mol. The van der Waals surface area contributed by atoms with Gasteiger partial charge in [-0.1, -0.05) is 85.0 Å². The number of carbonyl (C=O) groups excluding carboxylic acids is 1. The van der Waals surface area contributed by atoms with E-state index in [4.69, 9.17) is 0 Å². The summed E-state index contributed by atoms with van der Waals surface area (Å²) in [5.41, 5.74) is 4.73. The van der Waals surface area contributed by atoms with E-state index in [0.717, 1.165) is 56.8 Å². The highest BCUT2D eigenvalue weighted by Gasteiger charge is 2.26. The van der Waals surface area contributed by atoms with Crippen LogP contribution < -0.4 is 5.32 Å². The smallest absolute Gasteiger partial charge is 0.243 e. The maximum Gasteiger partial charge on any atom is 0.243 e. The van der Waals surface area contributed by atoms with Crippen molar-refractivity contribution in [2.24, 2.45) is 0 Å². The van der Waals surface area contributed by atoms with E-state index in [0.29, 0.717) is 12.6 Å². The van der Waals surface area contributed by atoms with E-state index < -0.39 is 0 Å². The first-order chi connectivity index (χ1) is 18.2. The van der Waals surface area contributed by atoms with Crippen LogP contribution in [0.5, 0.6) is 0 Å². The van der Waals surface area contributed by atoms with Gasteiger partial charge in [-0.3, -0.25) is 14.7 Å². The predicted molar refractivity (Wildman–Crippen MR) is 152 cm³/mol. The Bertz CT molecular complexity index is 1090. The van der Waals surface area contributed by atoms with Gasteiger partial charge in [0.2, 0.25) is 5.91 Å². The Morgan fingerprint density at radius 1 is 0.892 bits per heavy atom. The Hall–Kier alpha value is -3.54. The lowest BCUT2D eigenvalue weighted by Crippen LogP contribution is -2.48. The van der Waals surface area contributed by atoms with Crippen molar-refractivity contribution >= 4 is 12.0 Å². The first-order valence-corrected chi connectivity index (χ1v) is 13.3. The van der Waals surface area contributed by atoms with E-state index in [1.807, 2.05) is 37.4 Å². The van der Waals surface area contributed by atoms with Crippen LogP contribution in [0.1, 0.15) is 41.3 Å². The van der Waals surface area contributed by atoms with Crippen LogP contribution in [0.15, 0.2) is 97.2 Å². The van der Waals surface area contributed by atoms with Crippen LogP contribution in [-0.4, -0.2) is 60.0 Å². The Labute approximate surface area is 221 Å². The number of piperazine rings is 1. The van der Waals surface area contributed by atoms with E-state index in [2.05, 4.69) is 80.8 Å². The first-order valence-electron chi connectivity index (χ1n) is 13.3. The second-order valence-electron chi connectivity index (χ2n) is 9.55. The zero-order valence-corrected chi connectivity index (χ0v) is 21.8. The Morgan fingerprint density at radius 2 is 1.57 bits per heavy atom. The zero-order chi connectivity index (χ0) is 25.7. The maximum absolute atomic E-state index is 12.0. The van der Waals surface area contributed by atoms with Gasteiger partial charge in [0, 0.05) is 50.7 Å². The molecule has 1 saturated heterocycles. The molecule has 0 atom stereocenters. The largest absolute Gasteiger partial charge is 0.353 e. The molecule has 0 bridgehead atoms. The lowest BCUT2D eigenvalue weighted by molar-refractivity contribution is -0.116. The molecule has 5 nitrogen and oxygen atoms in total. The molecule has 1 aliphatic rings. The van der Waals surface area contributed by atoms with E-state index in [9.17, 15) is 4.79 Å². The molecule has 0 radical (unpaired) electrons. The number of allylic oxidation sites excluding steroid dienone is 2. The fourth-order valence-corrected chi connectivity index (χ4v) is 4.75.